The molecule has 0 N–H and O–H groups in total. The zero-order chi connectivity index (χ0) is 11.7. The van der Waals surface area contributed by atoms with Crippen LogP contribution in [0.15, 0.2) is 29.6 Å². The smallest absolute Gasteiger partial charge is 0.131 e. The average Bonchev–Trinajstić information content (AvgIpc) is 2.64. The van der Waals surface area contributed by atoms with Crippen LogP contribution in [0.2, 0.25) is 5.02 Å². The van der Waals surface area contributed by atoms with E-state index >= 15 is 0 Å². The fourth-order valence-corrected chi connectivity index (χ4v) is 3.06. The molecular weight excluding hydrogens is 273 g/mol. The van der Waals surface area contributed by atoms with Crippen molar-refractivity contribution in [2.45, 2.75) is 5.38 Å². The topological polar surface area (TPSA) is 0 Å². The number of hydrogen-bond donors (Lipinski definition) is 0. The highest BCUT2D eigenvalue weighted by molar-refractivity contribution is 7.11. The van der Waals surface area contributed by atoms with Gasteiger partial charge in [0.1, 0.15) is 11.6 Å². The Balaban J connectivity index is 2.49. The summed E-state index contributed by atoms with van der Waals surface area (Å²) < 4.78 is 26.9. The predicted octanol–water partition coefficient (Wildman–Crippen LogP) is 5.01. The van der Waals surface area contributed by atoms with Crippen molar-refractivity contribution in [3.05, 3.63) is 56.7 Å². The molecule has 0 nitrogen and oxygen atoms in total. The van der Waals surface area contributed by atoms with E-state index in [0.717, 1.165) is 0 Å². The molecule has 0 saturated carbocycles. The Morgan fingerprint density at radius 2 is 1.75 bits per heavy atom. The van der Waals surface area contributed by atoms with Crippen LogP contribution in [-0.2, 0) is 0 Å². The molecule has 1 unspecified atom stereocenters. The summed E-state index contributed by atoms with van der Waals surface area (Å²) in [6, 6.07) is 5.30. The average molecular weight is 279 g/mol. The standard InChI is InChI=1S/C11H6Cl2F2S/c12-6-4-5-16-11(6)10(13)9-7(14)2-1-3-8(9)15/h1-5,10H. The molecule has 0 aliphatic heterocycles. The highest BCUT2D eigenvalue weighted by atomic mass is 35.5. The molecule has 1 atom stereocenters. The number of alkyl halides is 1. The van der Waals surface area contributed by atoms with Gasteiger partial charge in [-0.3, -0.25) is 0 Å². The Morgan fingerprint density at radius 1 is 1.12 bits per heavy atom. The molecular formula is C11H6Cl2F2S. The summed E-state index contributed by atoms with van der Waals surface area (Å²) in [7, 11) is 0. The second-order valence-electron chi connectivity index (χ2n) is 3.13. The second-order valence-corrected chi connectivity index (χ2v) is 4.92. The first kappa shape index (κ1) is 11.8. The molecule has 1 heterocycles. The minimum absolute atomic E-state index is 0.159. The summed E-state index contributed by atoms with van der Waals surface area (Å²) in [5.41, 5.74) is -0.159. The number of benzene rings is 1. The molecule has 0 spiro atoms. The first-order chi connectivity index (χ1) is 7.61. The van der Waals surface area contributed by atoms with E-state index in [-0.39, 0.29) is 5.56 Å². The predicted molar refractivity (Wildman–Crippen MR) is 63.4 cm³/mol. The zero-order valence-corrected chi connectivity index (χ0v) is 10.2. The maximum Gasteiger partial charge on any atom is 0.131 e. The molecule has 0 amide bonds. The van der Waals surface area contributed by atoms with Crippen LogP contribution in [0.1, 0.15) is 15.8 Å². The Hall–Kier alpha value is -0.640. The van der Waals surface area contributed by atoms with Gasteiger partial charge in [0.15, 0.2) is 0 Å². The monoisotopic (exact) mass is 278 g/mol. The Morgan fingerprint density at radius 3 is 2.25 bits per heavy atom. The molecule has 2 rings (SSSR count). The third-order valence-electron chi connectivity index (χ3n) is 2.13. The van der Waals surface area contributed by atoms with E-state index in [9.17, 15) is 8.78 Å². The lowest BCUT2D eigenvalue weighted by Gasteiger charge is -2.10. The lowest BCUT2D eigenvalue weighted by molar-refractivity contribution is 0.560. The van der Waals surface area contributed by atoms with Crippen LogP contribution >= 0.6 is 34.5 Å². The summed E-state index contributed by atoms with van der Waals surface area (Å²) in [5, 5.41) is 1.26. The van der Waals surface area contributed by atoms with E-state index in [1.54, 1.807) is 11.4 Å². The van der Waals surface area contributed by atoms with E-state index in [0.29, 0.717) is 9.90 Å². The lowest BCUT2D eigenvalue weighted by atomic mass is 10.1. The van der Waals surface area contributed by atoms with E-state index in [1.165, 1.54) is 29.5 Å². The number of thiophene rings is 1. The Labute approximate surface area is 105 Å². The van der Waals surface area contributed by atoms with Gasteiger partial charge in [-0.2, -0.15) is 0 Å². The summed E-state index contributed by atoms with van der Waals surface area (Å²) in [6.07, 6.45) is 0. The van der Waals surface area contributed by atoms with Crippen LogP contribution < -0.4 is 0 Å². The van der Waals surface area contributed by atoms with Gasteiger partial charge >= 0.3 is 0 Å². The number of hydrogen-bond acceptors (Lipinski definition) is 1. The summed E-state index contributed by atoms with van der Waals surface area (Å²) in [4.78, 5) is 0.548. The summed E-state index contributed by atoms with van der Waals surface area (Å²) in [5.74, 6) is -1.33. The van der Waals surface area contributed by atoms with E-state index in [2.05, 4.69) is 0 Å². The summed E-state index contributed by atoms with van der Waals surface area (Å²) in [6.45, 7) is 0. The first-order valence-corrected chi connectivity index (χ1v) is 6.11. The zero-order valence-electron chi connectivity index (χ0n) is 7.88. The Kier molecular flexibility index (Phi) is 3.47. The van der Waals surface area contributed by atoms with Crippen LogP contribution in [0.3, 0.4) is 0 Å². The maximum atomic E-state index is 13.5. The van der Waals surface area contributed by atoms with E-state index < -0.39 is 17.0 Å². The van der Waals surface area contributed by atoms with Crippen molar-refractivity contribution in [3.63, 3.8) is 0 Å². The molecule has 1 aromatic carbocycles. The van der Waals surface area contributed by atoms with Crippen LogP contribution in [0, 0.1) is 11.6 Å². The maximum absolute atomic E-state index is 13.5. The fraction of sp³-hybridized carbons (Fsp3) is 0.0909. The second kappa shape index (κ2) is 4.70. The van der Waals surface area contributed by atoms with Crippen molar-refractivity contribution in [1.82, 2.24) is 0 Å². The molecule has 0 saturated heterocycles. The van der Waals surface area contributed by atoms with Crippen LogP contribution in [0.5, 0.6) is 0 Å². The lowest BCUT2D eigenvalue weighted by Crippen LogP contribution is -1.99. The first-order valence-electron chi connectivity index (χ1n) is 4.42. The van der Waals surface area contributed by atoms with Gasteiger partial charge in [-0.15, -0.1) is 22.9 Å². The van der Waals surface area contributed by atoms with Crippen molar-refractivity contribution >= 4 is 34.5 Å². The molecule has 0 aliphatic rings. The van der Waals surface area contributed by atoms with Crippen molar-refractivity contribution in [3.8, 4) is 0 Å². The third kappa shape index (κ3) is 2.08. The molecule has 84 valence electrons. The molecule has 2 aromatic rings. The van der Waals surface area contributed by atoms with Crippen LogP contribution in [0.4, 0.5) is 8.78 Å². The summed E-state index contributed by atoms with van der Waals surface area (Å²) >= 11 is 13.2. The third-order valence-corrected chi connectivity index (χ3v) is 4.12. The van der Waals surface area contributed by atoms with Crippen molar-refractivity contribution in [2.75, 3.05) is 0 Å². The van der Waals surface area contributed by atoms with Crippen molar-refractivity contribution < 1.29 is 8.78 Å². The minimum atomic E-state index is -0.895. The van der Waals surface area contributed by atoms with Crippen molar-refractivity contribution in [1.29, 1.82) is 0 Å². The van der Waals surface area contributed by atoms with Gasteiger partial charge in [0.05, 0.1) is 10.4 Å². The normalized spacial score (nSPS) is 12.8. The van der Waals surface area contributed by atoms with Crippen LogP contribution in [-0.4, -0.2) is 0 Å². The van der Waals surface area contributed by atoms with E-state index in [1.807, 2.05) is 0 Å². The van der Waals surface area contributed by atoms with Gasteiger partial charge in [0.2, 0.25) is 0 Å². The molecule has 1 aromatic heterocycles. The minimum Gasteiger partial charge on any atom is -0.207 e. The SMILES string of the molecule is Fc1cccc(F)c1C(Cl)c1sccc1Cl. The van der Waals surface area contributed by atoms with Gasteiger partial charge in [-0.25, -0.2) is 8.78 Å². The molecule has 16 heavy (non-hydrogen) atoms. The molecule has 0 fully saturated rings. The van der Waals surface area contributed by atoms with Gasteiger partial charge in [0, 0.05) is 10.4 Å². The van der Waals surface area contributed by atoms with Gasteiger partial charge in [-0.05, 0) is 23.6 Å². The number of halogens is 4. The molecule has 0 aliphatic carbocycles. The Bertz CT molecular complexity index is 490. The van der Waals surface area contributed by atoms with Crippen LogP contribution in [0.25, 0.3) is 0 Å². The van der Waals surface area contributed by atoms with Crippen molar-refractivity contribution in [2.24, 2.45) is 0 Å². The fourth-order valence-electron chi connectivity index (χ4n) is 1.37. The molecule has 0 radical (unpaired) electrons. The van der Waals surface area contributed by atoms with Gasteiger partial charge in [0.25, 0.3) is 0 Å². The largest absolute Gasteiger partial charge is 0.207 e. The number of rotatable bonds is 2. The van der Waals surface area contributed by atoms with Gasteiger partial charge in [-0.1, -0.05) is 17.7 Å². The quantitative estimate of drug-likeness (QED) is 0.678. The highest BCUT2D eigenvalue weighted by Crippen LogP contribution is 2.39. The molecule has 0 bridgehead atoms. The molecule has 5 heteroatoms. The van der Waals surface area contributed by atoms with E-state index in [4.69, 9.17) is 23.2 Å². The van der Waals surface area contributed by atoms with Gasteiger partial charge < -0.3 is 0 Å². The highest BCUT2D eigenvalue weighted by Gasteiger charge is 2.22.